The van der Waals surface area contributed by atoms with E-state index >= 15 is 0 Å². The largest absolute Gasteiger partial charge is 0.387 e. The number of amides is 1. The average molecular weight is 285 g/mol. The van der Waals surface area contributed by atoms with Crippen LogP contribution in [-0.2, 0) is 6.42 Å². The van der Waals surface area contributed by atoms with Crippen LogP contribution in [0.4, 0.5) is 0 Å². The van der Waals surface area contributed by atoms with E-state index in [1.807, 2.05) is 34.5 Å². The van der Waals surface area contributed by atoms with Gasteiger partial charge in [0.2, 0.25) is 0 Å². The van der Waals surface area contributed by atoms with Crippen LogP contribution in [0, 0.1) is 0 Å². The van der Waals surface area contributed by atoms with E-state index < -0.39 is 6.10 Å². The number of aliphatic hydroxyl groups is 1. The predicted molar refractivity (Wildman–Crippen MR) is 77.8 cm³/mol. The molecule has 0 radical (unpaired) electrons. The lowest BCUT2D eigenvalue weighted by molar-refractivity contribution is 0.0632. The summed E-state index contributed by atoms with van der Waals surface area (Å²) < 4.78 is 0. The lowest BCUT2D eigenvalue weighted by atomic mass is 9.96. The molecule has 1 aromatic carbocycles. The Labute approximate surface area is 121 Å². The fraction of sp³-hybridized carbons (Fsp3) is 0.312. The molecule has 4 rings (SSSR count). The minimum absolute atomic E-state index is 0.0175. The number of aliphatic hydroxyl groups excluding tert-OH is 1. The Morgan fingerprint density at radius 2 is 2.10 bits per heavy atom. The summed E-state index contributed by atoms with van der Waals surface area (Å²) in [5.41, 5.74) is 3.05. The first-order valence-electron chi connectivity index (χ1n) is 6.90. The van der Waals surface area contributed by atoms with E-state index in [0.717, 1.165) is 29.0 Å². The molecule has 0 unspecified atom stereocenters. The van der Waals surface area contributed by atoms with Gasteiger partial charge in [0, 0.05) is 23.4 Å². The van der Waals surface area contributed by atoms with E-state index in [9.17, 15) is 9.90 Å². The Balaban J connectivity index is 1.78. The summed E-state index contributed by atoms with van der Waals surface area (Å²) in [4.78, 5) is 15.5. The van der Waals surface area contributed by atoms with E-state index in [1.54, 1.807) is 11.3 Å². The highest BCUT2D eigenvalue weighted by molar-refractivity contribution is 7.10. The molecule has 2 aliphatic rings. The summed E-state index contributed by atoms with van der Waals surface area (Å²) in [6.45, 7) is 0.731. The highest BCUT2D eigenvalue weighted by Crippen LogP contribution is 2.42. The number of carbonyl (C=O) groups excluding carboxylic acids is 1. The van der Waals surface area contributed by atoms with Gasteiger partial charge in [0.1, 0.15) is 0 Å². The van der Waals surface area contributed by atoms with Gasteiger partial charge in [-0.3, -0.25) is 4.79 Å². The molecule has 0 spiro atoms. The van der Waals surface area contributed by atoms with Crippen molar-refractivity contribution in [2.45, 2.75) is 25.0 Å². The van der Waals surface area contributed by atoms with Crippen LogP contribution >= 0.6 is 11.3 Å². The summed E-state index contributed by atoms with van der Waals surface area (Å²) in [7, 11) is 0. The number of hydrogen-bond acceptors (Lipinski definition) is 3. The Kier molecular flexibility index (Phi) is 2.69. The van der Waals surface area contributed by atoms with Crippen LogP contribution in [0.3, 0.4) is 0 Å². The maximum atomic E-state index is 12.5. The lowest BCUT2D eigenvalue weighted by Crippen LogP contribution is -2.32. The molecule has 2 atom stereocenters. The zero-order valence-electron chi connectivity index (χ0n) is 11.0. The monoisotopic (exact) mass is 285 g/mol. The molecule has 0 bridgehead atoms. The van der Waals surface area contributed by atoms with Crippen molar-refractivity contribution in [2.24, 2.45) is 0 Å². The van der Waals surface area contributed by atoms with Crippen LogP contribution in [0.5, 0.6) is 0 Å². The number of carbonyl (C=O) groups is 1. The normalized spacial score (nSPS) is 24.6. The molecular weight excluding hydrogens is 270 g/mol. The van der Waals surface area contributed by atoms with Crippen LogP contribution in [0.2, 0.25) is 0 Å². The van der Waals surface area contributed by atoms with Crippen LogP contribution in [0.25, 0.3) is 0 Å². The van der Waals surface area contributed by atoms with Crippen molar-refractivity contribution in [1.82, 2.24) is 4.90 Å². The van der Waals surface area contributed by atoms with Crippen LogP contribution in [0.15, 0.2) is 35.7 Å². The second-order valence-electron chi connectivity index (χ2n) is 5.41. The van der Waals surface area contributed by atoms with Crippen LogP contribution in [0.1, 0.15) is 44.9 Å². The van der Waals surface area contributed by atoms with E-state index in [2.05, 4.69) is 6.07 Å². The number of rotatable bonds is 0. The molecule has 0 aliphatic carbocycles. The van der Waals surface area contributed by atoms with Gasteiger partial charge >= 0.3 is 0 Å². The Morgan fingerprint density at radius 1 is 1.25 bits per heavy atom. The number of thiophene rings is 1. The fourth-order valence-electron chi connectivity index (χ4n) is 3.36. The zero-order valence-corrected chi connectivity index (χ0v) is 11.8. The Hall–Kier alpha value is -1.65. The molecular formula is C16H15NO2S. The predicted octanol–water partition coefficient (Wildman–Crippen LogP) is 2.92. The van der Waals surface area contributed by atoms with Gasteiger partial charge in [0.25, 0.3) is 5.91 Å². The number of nitrogens with zero attached hydrogens (tertiary/aromatic N) is 1. The Morgan fingerprint density at radius 3 is 3.00 bits per heavy atom. The molecule has 2 aliphatic heterocycles. The SMILES string of the molecule is O=C1c2ccccc2[C@@H]2C[C@H](O)c3sccc3CCN12. The molecule has 3 heterocycles. The summed E-state index contributed by atoms with van der Waals surface area (Å²) in [6.07, 6.45) is 0.944. The van der Waals surface area contributed by atoms with Crippen molar-refractivity contribution < 1.29 is 9.90 Å². The van der Waals surface area contributed by atoms with Crippen molar-refractivity contribution in [2.75, 3.05) is 6.54 Å². The first-order chi connectivity index (χ1) is 9.75. The third kappa shape index (κ3) is 1.65. The molecule has 3 nitrogen and oxygen atoms in total. The first-order valence-corrected chi connectivity index (χ1v) is 7.78. The lowest BCUT2D eigenvalue weighted by Gasteiger charge is -2.30. The third-order valence-corrected chi connectivity index (χ3v) is 5.40. The van der Waals surface area contributed by atoms with E-state index in [-0.39, 0.29) is 11.9 Å². The van der Waals surface area contributed by atoms with E-state index in [0.29, 0.717) is 6.42 Å². The van der Waals surface area contributed by atoms with Gasteiger partial charge in [-0.25, -0.2) is 0 Å². The standard InChI is InChI=1S/C16H15NO2S/c18-14-9-13-11-3-1-2-4-12(11)16(19)17(13)7-5-10-6-8-20-15(10)14/h1-4,6,8,13-14,18H,5,7,9H2/t13-,14-/m0/s1. The van der Waals surface area contributed by atoms with Gasteiger partial charge in [0.15, 0.2) is 0 Å². The third-order valence-electron chi connectivity index (χ3n) is 4.34. The van der Waals surface area contributed by atoms with Crippen molar-refractivity contribution in [3.63, 3.8) is 0 Å². The topological polar surface area (TPSA) is 40.5 Å². The summed E-state index contributed by atoms with van der Waals surface area (Å²) >= 11 is 1.62. The molecule has 0 saturated carbocycles. The molecule has 4 heteroatoms. The van der Waals surface area contributed by atoms with Crippen molar-refractivity contribution >= 4 is 17.2 Å². The number of fused-ring (bicyclic) bond motifs is 4. The molecule has 1 amide bonds. The zero-order chi connectivity index (χ0) is 13.7. The molecule has 20 heavy (non-hydrogen) atoms. The summed E-state index contributed by atoms with van der Waals surface area (Å²) in [6, 6.07) is 9.87. The van der Waals surface area contributed by atoms with Crippen molar-refractivity contribution in [3.05, 3.63) is 57.3 Å². The average Bonchev–Trinajstić information content (AvgIpc) is 3.00. The van der Waals surface area contributed by atoms with Gasteiger partial charge < -0.3 is 10.0 Å². The molecule has 2 aromatic rings. The molecule has 0 fully saturated rings. The van der Waals surface area contributed by atoms with Crippen LogP contribution < -0.4 is 0 Å². The summed E-state index contributed by atoms with van der Waals surface area (Å²) in [5, 5.41) is 12.5. The highest BCUT2D eigenvalue weighted by atomic mass is 32.1. The second-order valence-corrected chi connectivity index (χ2v) is 6.36. The van der Waals surface area contributed by atoms with Gasteiger partial charge in [-0.1, -0.05) is 18.2 Å². The van der Waals surface area contributed by atoms with Gasteiger partial charge in [-0.15, -0.1) is 11.3 Å². The molecule has 1 aromatic heterocycles. The highest BCUT2D eigenvalue weighted by Gasteiger charge is 2.38. The summed E-state index contributed by atoms with van der Waals surface area (Å²) in [5.74, 6) is 0.108. The van der Waals surface area contributed by atoms with E-state index in [4.69, 9.17) is 0 Å². The van der Waals surface area contributed by atoms with Gasteiger partial charge in [-0.2, -0.15) is 0 Å². The van der Waals surface area contributed by atoms with Gasteiger partial charge in [0.05, 0.1) is 12.1 Å². The molecule has 1 N–H and O–H groups in total. The Bertz CT molecular complexity index is 679. The first kappa shape index (κ1) is 12.1. The second kappa shape index (κ2) is 4.43. The molecule has 0 saturated heterocycles. The number of benzene rings is 1. The maximum Gasteiger partial charge on any atom is 0.254 e. The van der Waals surface area contributed by atoms with E-state index in [1.165, 1.54) is 5.56 Å². The quantitative estimate of drug-likeness (QED) is 0.808. The fourth-order valence-corrected chi connectivity index (χ4v) is 4.32. The molecule has 102 valence electrons. The smallest absolute Gasteiger partial charge is 0.254 e. The van der Waals surface area contributed by atoms with Crippen molar-refractivity contribution in [3.8, 4) is 0 Å². The van der Waals surface area contributed by atoms with Crippen LogP contribution in [-0.4, -0.2) is 22.5 Å². The minimum atomic E-state index is -0.475. The van der Waals surface area contributed by atoms with Crippen molar-refractivity contribution in [1.29, 1.82) is 0 Å². The minimum Gasteiger partial charge on any atom is -0.387 e. The number of hydrogen-bond donors (Lipinski definition) is 1. The maximum absolute atomic E-state index is 12.5. The van der Waals surface area contributed by atoms with Gasteiger partial charge in [-0.05, 0) is 35.1 Å².